The van der Waals surface area contributed by atoms with Crippen molar-refractivity contribution in [2.24, 2.45) is 0 Å². The Morgan fingerprint density at radius 3 is 2.39 bits per heavy atom. The van der Waals surface area contributed by atoms with Crippen molar-refractivity contribution in [1.82, 2.24) is 25.1 Å². The lowest BCUT2D eigenvalue weighted by molar-refractivity contribution is -0.156. The van der Waals surface area contributed by atoms with Gasteiger partial charge < -0.3 is 15.1 Å². The van der Waals surface area contributed by atoms with Crippen LogP contribution in [0.3, 0.4) is 0 Å². The molecular weight excluding hydrogens is 557 g/mol. The zero-order chi connectivity index (χ0) is 31.1. The van der Waals surface area contributed by atoms with E-state index in [9.17, 15) is 18.8 Å². The number of allylic oxidation sites excluding steroid dienone is 2. The van der Waals surface area contributed by atoms with Crippen LogP contribution in [0.15, 0.2) is 115 Å². The fourth-order valence-corrected chi connectivity index (χ4v) is 5.58. The van der Waals surface area contributed by atoms with Gasteiger partial charge in [-0.25, -0.2) is 9.18 Å². The summed E-state index contributed by atoms with van der Waals surface area (Å²) in [5, 5.41) is 6.05. The summed E-state index contributed by atoms with van der Waals surface area (Å²) in [5.41, 5.74) is 3.50. The number of urea groups is 1. The molecule has 0 saturated carbocycles. The van der Waals surface area contributed by atoms with Crippen molar-refractivity contribution >= 4 is 23.9 Å². The van der Waals surface area contributed by atoms with Gasteiger partial charge in [-0.15, -0.1) is 6.58 Å². The second-order valence-electron chi connectivity index (χ2n) is 10.8. The van der Waals surface area contributed by atoms with Gasteiger partial charge in [0.25, 0.3) is 0 Å². The molecular formula is C35H36FN5O3. The summed E-state index contributed by atoms with van der Waals surface area (Å²) in [6, 6.07) is 23.9. The lowest BCUT2D eigenvalue weighted by Crippen LogP contribution is -2.63. The zero-order valence-corrected chi connectivity index (χ0v) is 24.7. The van der Waals surface area contributed by atoms with Crippen LogP contribution in [0.25, 0.3) is 6.08 Å². The molecule has 0 spiro atoms. The van der Waals surface area contributed by atoms with Crippen LogP contribution in [0, 0.1) is 5.82 Å². The third kappa shape index (κ3) is 6.95. The van der Waals surface area contributed by atoms with Crippen LogP contribution >= 0.6 is 0 Å². The van der Waals surface area contributed by atoms with E-state index in [2.05, 4.69) is 11.9 Å². The van der Waals surface area contributed by atoms with E-state index in [1.54, 1.807) is 33.0 Å². The van der Waals surface area contributed by atoms with E-state index in [4.69, 9.17) is 0 Å². The number of rotatable bonds is 10. The Hall–Kier alpha value is -5.02. The molecule has 44 heavy (non-hydrogen) atoms. The lowest BCUT2D eigenvalue weighted by atomic mass is 10.00. The Kier molecular flexibility index (Phi) is 9.66. The number of amides is 4. The van der Waals surface area contributed by atoms with Crippen molar-refractivity contribution in [2.45, 2.75) is 25.7 Å². The lowest BCUT2D eigenvalue weighted by Gasteiger charge is -2.46. The van der Waals surface area contributed by atoms with Crippen LogP contribution in [0.4, 0.5) is 9.18 Å². The smallest absolute Gasteiger partial charge is 0.332 e. The highest BCUT2D eigenvalue weighted by atomic mass is 19.1. The van der Waals surface area contributed by atoms with Gasteiger partial charge in [0.1, 0.15) is 18.0 Å². The van der Waals surface area contributed by atoms with Crippen LogP contribution in [0.2, 0.25) is 0 Å². The summed E-state index contributed by atoms with van der Waals surface area (Å²) in [4.78, 5) is 44.4. The van der Waals surface area contributed by atoms with Gasteiger partial charge in [-0.05, 0) is 35.7 Å². The maximum absolute atomic E-state index is 14.0. The summed E-state index contributed by atoms with van der Waals surface area (Å²) >= 11 is 0. The molecule has 1 N–H and O–H groups in total. The fourth-order valence-electron chi connectivity index (χ4n) is 5.58. The molecule has 4 amide bonds. The first-order valence-electron chi connectivity index (χ1n) is 14.6. The van der Waals surface area contributed by atoms with Crippen LogP contribution in [-0.4, -0.2) is 70.0 Å². The average Bonchev–Trinajstić information content (AvgIpc) is 3.35. The molecule has 9 heteroatoms. The minimum atomic E-state index is -0.826. The third-order valence-corrected chi connectivity index (χ3v) is 7.69. The van der Waals surface area contributed by atoms with Crippen molar-refractivity contribution in [3.8, 4) is 0 Å². The topological polar surface area (TPSA) is 76.2 Å². The first-order chi connectivity index (χ1) is 21.4. The molecule has 0 unspecified atom stereocenters. The van der Waals surface area contributed by atoms with Crippen LogP contribution in [-0.2, 0) is 16.1 Å². The Balaban J connectivity index is 1.40. The molecule has 0 aliphatic carbocycles. The molecule has 3 aromatic carbocycles. The van der Waals surface area contributed by atoms with Crippen molar-refractivity contribution < 1.29 is 18.8 Å². The van der Waals surface area contributed by atoms with Crippen LogP contribution < -0.4 is 5.32 Å². The minimum absolute atomic E-state index is 0.0679. The van der Waals surface area contributed by atoms with Gasteiger partial charge in [-0.1, -0.05) is 103 Å². The number of hydrazine groups is 1. The Labute approximate surface area is 257 Å². The summed E-state index contributed by atoms with van der Waals surface area (Å²) in [5.74, 6) is -0.764. The molecule has 2 heterocycles. The quantitative estimate of drug-likeness (QED) is 0.261. The van der Waals surface area contributed by atoms with E-state index in [0.717, 1.165) is 16.7 Å². The first-order valence-corrected chi connectivity index (χ1v) is 14.6. The molecule has 226 valence electrons. The number of nitrogens with zero attached hydrogens (tertiary/aromatic N) is 4. The molecule has 2 saturated heterocycles. The number of hydrogen-bond donors (Lipinski definition) is 1. The van der Waals surface area contributed by atoms with Crippen molar-refractivity contribution in [2.75, 3.05) is 26.2 Å². The van der Waals surface area contributed by atoms with Crippen LogP contribution in [0.1, 0.15) is 29.7 Å². The predicted octanol–water partition coefficient (Wildman–Crippen LogP) is 5.15. The van der Waals surface area contributed by atoms with Crippen molar-refractivity contribution in [1.29, 1.82) is 0 Å². The number of halogens is 1. The maximum Gasteiger partial charge on any atom is 0.332 e. The zero-order valence-electron chi connectivity index (χ0n) is 24.7. The van der Waals surface area contributed by atoms with Crippen molar-refractivity contribution in [3.63, 3.8) is 0 Å². The third-order valence-electron chi connectivity index (χ3n) is 7.69. The average molecular weight is 594 g/mol. The second kappa shape index (κ2) is 14.0. The van der Waals surface area contributed by atoms with Crippen LogP contribution in [0.5, 0.6) is 0 Å². The fraction of sp³-hybridized carbons (Fsp3) is 0.229. The number of benzene rings is 3. The Morgan fingerprint density at radius 1 is 1.02 bits per heavy atom. The summed E-state index contributed by atoms with van der Waals surface area (Å²) in [6.45, 7) is 6.64. The minimum Gasteiger partial charge on any atom is -0.333 e. The first kappa shape index (κ1) is 30.4. The van der Waals surface area contributed by atoms with Gasteiger partial charge in [0.05, 0.1) is 19.6 Å². The van der Waals surface area contributed by atoms with E-state index >= 15 is 0 Å². The number of carbonyl (C=O) groups is 3. The van der Waals surface area contributed by atoms with Crippen molar-refractivity contribution in [3.05, 3.63) is 138 Å². The van der Waals surface area contributed by atoms with Gasteiger partial charge in [0.2, 0.25) is 11.8 Å². The highest BCUT2D eigenvalue weighted by Crippen LogP contribution is 2.36. The van der Waals surface area contributed by atoms with E-state index in [-0.39, 0.29) is 43.8 Å². The maximum atomic E-state index is 14.0. The van der Waals surface area contributed by atoms with E-state index in [0.29, 0.717) is 12.1 Å². The monoisotopic (exact) mass is 593 g/mol. The SMILES string of the molecule is C=CCN(C(=O)NCc1ccc(F)cc1)N1CC(=O)N2[C@@H](c3ccccc3)C(=O)N(C/C(C)=C/C=C\c3ccccc3)C[C@@H]21. The molecule has 0 radical (unpaired) electrons. The molecule has 2 aliphatic rings. The highest BCUT2D eigenvalue weighted by molar-refractivity contribution is 5.92. The van der Waals surface area contributed by atoms with E-state index in [1.165, 1.54) is 17.1 Å². The predicted molar refractivity (Wildman–Crippen MR) is 168 cm³/mol. The van der Waals surface area contributed by atoms with Gasteiger partial charge in [0, 0.05) is 13.1 Å². The molecule has 3 aromatic rings. The second-order valence-corrected chi connectivity index (χ2v) is 10.8. The molecule has 2 aliphatic heterocycles. The summed E-state index contributed by atoms with van der Waals surface area (Å²) in [7, 11) is 0. The van der Waals surface area contributed by atoms with Gasteiger partial charge >= 0.3 is 6.03 Å². The van der Waals surface area contributed by atoms with Gasteiger partial charge in [-0.3, -0.25) is 14.6 Å². The molecule has 8 nitrogen and oxygen atoms in total. The van der Waals surface area contributed by atoms with Gasteiger partial charge in [-0.2, -0.15) is 5.01 Å². The normalized spacial score (nSPS) is 18.9. The number of piperazine rings is 1. The summed E-state index contributed by atoms with van der Waals surface area (Å²) in [6.07, 6.45) is 6.97. The Bertz CT molecular complexity index is 1540. The molecule has 2 atom stereocenters. The van der Waals surface area contributed by atoms with Gasteiger partial charge in [0.15, 0.2) is 0 Å². The number of nitrogens with one attached hydrogen (secondary N) is 1. The Morgan fingerprint density at radius 2 is 1.70 bits per heavy atom. The largest absolute Gasteiger partial charge is 0.333 e. The number of hydrogen-bond acceptors (Lipinski definition) is 4. The van der Waals surface area contributed by atoms with E-state index < -0.39 is 18.2 Å². The summed E-state index contributed by atoms with van der Waals surface area (Å²) < 4.78 is 13.4. The molecule has 5 rings (SSSR count). The molecule has 0 aromatic heterocycles. The number of fused-ring (bicyclic) bond motifs is 1. The van der Waals surface area contributed by atoms with E-state index in [1.807, 2.05) is 85.8 Å². The molecule has 0 bridgehead atoms. The number of carbonyl (C=O) groups excluding carboxylic acids is 3. The standard InChI is InChI=1S/C35H36FN5O3/c1-3-21-39(35(44)37-22-28-17-19-30(36)20-18-28)40-25-32(42)41-31(40)24-38(34(43)33(41)29-15-8-5-9-16-29)23-26(2)11-10-14-27-12-6-4-7-13-27/h3-20,31,33H,1,21-25H2,2H3,(H,37,44)/b14-10-,26-11+/t31-,33+/m1/s1. The highest BCUT2D eigenvalue weighted by Gasteiger charge is 2.52. The molecule has 2 fully saturated rings.